The molecule has 0 spiro atoms. The van der Waals surface area contributed by atoms with E-state index < -0.39 is 25.5 Å². The van der Waals surface area contributed by atoms with Gasteiger partial charge < -0.3 is 15.7 Å². The van der Waals surface area contributed by atoms with Crippen molar-refractivity contribution in [2.24, 2.45) is 0 Å². The van der Waals surface area contributed by atoms with Crippen LogP contribution in [0.15, 0.2) is 0 Å². The second-order valence-electron chi connectivity index (χ2n) is 3.47. The molecule has 0 fully saturated rings. The quantitative estimate of drug-likeness (QED) is 0.683. The van der Waals surface area contributed by atoms with Crippen LogP contribution in [0, 0.1) is 6.92 Å². The maximum Gasteiger partial charge on any atom is 0.259 e. The summed E-state index contributed by atoms with van der Waals surface area (Å²) in [4.78, 5) is 12.8. The number of nitrogens with two attached hydrogens (primary N) is 1. The second kappa shape index (κ2) is 5.58. The fourth-order valence-corrected chi connectivity index (χ4v) is 1.44. The molecular formula is C9H14F2N4O2. The molecule has 1 rings (SSSR count). The van der Waals surface area contributed by atoms with E-state index in [-0.39, 0.29) is 17.9 Å². The molecule has 96 valence electrons. The molecule has 0 saturated heterocycles. The highest BCUT2D eigenvalue weighted by Gasteiger charge is 2.24. The van der Waals surface area contributed by atoms with Gasteiger partial charge in [0.2, 0.25) is 0 Å². The molecule has 1 amide bonds. The number of aliphatic hydroxyl groups excluding tert-OH is 1. The Morgan fingerprint density at radius 1 is 1.65 bits per heavy atom. The summed E-state index contributed by atoms with van der Waals surface area (Å²) in [6, 6.07) is 0. The highest BCUT2D eigenvalue weighted by Crippen LogP contribution is 2.15. The Labute approximate surface area is 96.4 Å². The van der Waals surface area contributed by atoms with Gasteiger partial charge in [0.25, 0.3) is 12.3 Å². The van der Waals surface area contributed by atoms with Crippen molar-refractivity contribution >= 4 is 11.7 Å². The van der Waals surface area contributed by atoms with Crippen LogP contribution in [-0.4, -0.2) is 52.2 Å². The van der Waals surface area contributed by atoms with Crippen molar-refractivity contribution in [1.29, 1.82) is 0 Å². The van der Waals surface area contributed by atoms with Crippen molar-refractivity contribution in [3.8, 4) is 0 Å². The Kier molecular flexibility index (Phi) is 4.38. The van der Waals surface area contributed by atoms with Crippen molar-refractivity contribution in [1.82, 2.24) is 15.1 Å². The average Bonchev–Trinajstić information content (AvgIpc) is 2.56. The predicted molar refractivity (Wildman–Crippen MR) is 56.7 cm³/mol. The number of rotatable bonds is 5. The Bertz CT molecular complexity index is 375. The van der Waals surface area contributed by atoms with Gasteiger partial charge in [-0.25, -0.2) is 8.78 Å². The molecule has 0 aromatic carbocycles. The number of nitrogens with zero attached hydrogens (tertiary/aromatic N) is 2. The zero-order chi connectivity index (χ0) is 13.0. The first-order valence-electron chi connectivity index (χ1n) is 4.96. The lowest BCUT2D eigenvalue weighted by molar-refractivity contribution is 0.0509. The normalized spacial score (nSPS) is 10.9. The lowest BCUT2D eigenvalue weighted by Gasteiger charge is -2.21. The van der Waals surface area contributed by atoms with Crippen LogP contribution < -0.4 is 5.73 Å². The number of carbonyl (C=O) groups excluding carboxylic acids is 1. The third-order valence-electron chi connectivity index (χ3n) is 2.20. The van der Waals surface area contributed by atoms with Crippen LogP contribution in [0.25, 0.3) is 0 Å². The van der Waals surface area contributed by atoms with Gasteiger partial charge in [-0.3, -0.25) is 9.89 Å². The largest absolute Gasteiger partial charge is 0.395 e. The molecule has 1 heterocycles. The van der Waals surface area contributed by atoms with Gasteiger partial charge in [-0.05, 0) is 6.92 Å². The average molecular weight is 248 g/mol. The van der Waals surface area contributed by atoms with E-state index in [0.717, 1.165) is 4.90 Å². The van der Waals surface area contributed by atoms with E-state index in [2.05, 4.69) is 10.2 Å². The van der Waals surface area contributed by atoms with Crippen LogP contribution in [0.2, 0.25) is 0 Å². The Balaban J connectivity index is 2.91. The van der Waals surface area contributed by atoms with Gasteiger partial charge in [0.05, 0.1) is 13.2 Å². The minimum atomic E-state index is -2.67. The standard InChI is InChI=1S/C9H14F2N4O2/c1-5-7(8(12)14-13-5)9(17)15(2-3-16)4-6(10)11/h6,16H,2-4H2,1H3,(H3,12,13,14). The van der Waals surface area contributed by atoms with E-state index in [4.69, 9.17) is 10.8 Å². The molecule has 1 aromatic rings. The number of hydrogen-bond donors (Lipinski definition) is 3. The first kappa shape index (κ1) is 13.4. The smallest absolute Gasteiger partial charge is 0.259 e. The summed E-state index contributed by atoms with van der Waals surface area (Å²) < 4.78 is 24.6. The Hall–Kier alpha value is -1.70. The van der Waals surface area contributed by atoms with Crippen molar-refractivity contribution in [2.45, 2.75) is 13.3 Å². The number of halogens is 2. The van der Waals surface area contributed by atoms with Crippen LogP contribution in [0.5, 0.6) is 0 Å². The highest BCUT2D eigenvalue weighted by atomic mass is 19.3. The number of aryl methyl sites for hydroxylation is 1. The number of aromatic amines is 1. The first-order valence-corrected chi connectivity index (χ1v) is 4.96. The lowest BCUT2D eigenvalue weighted by Crippen LogP contribution is -2.37. The fourth-order valence-electron chi connectivity index (χ4n) is 1.44. The number of anilines is 1. The predicted octanol–water partition coefficient (Wildman–Crippen LogP) is -0.0000800. The van der Waals surface area contributed by atoms with Crippen LogP contribution in [-0.2, 0) is 0 Å². The highest BCUT2D eigenvalue weighted by molar-refractivity contribution is 5.99. The molecule has 0 radical (unpaired) electrons. The molecule has 8 heteroatoms. The Morgan fingerprint density at radius 3 is 2.71 bits per heavy atom. The number of nitrogens with one attached hydrogen (secondary N) is 1. The summed E-state index contributed by atoms with van der Waals surface area (Å²) in [5.41, 5.74) is 5.94. The van der Waals surface area contributed by atoms with E-state index in [1.165, 1.54) is 0 Å². The van der Waals surface area contributed by atoms with E-state index in [1.54, 1.807) is 6.92 Å². The van der Waals surface area contributed by atoms with Gasteiger partial charge in [-0.2, -0.15) is 5.10 Å². The van der Waals surface area contributed by atoms with E-state index in [0.29, 0.717) is 5.69 Å². The van der Waals surface area contributed by atoms with Crippen LogP contribution in [0.3, 0.4) is 0 Å². The van der Waals surface area contributed by atoms with Gasteiger partial charge in [-0.15, -0.1) is 0 Å². The van der Waals surface area contributed by atoms with Gasteiger partial charge in [-0.1, -0.05) is 0 Å². The van der Waals surface area contributed by atoms with Gasteiger partial charge in [0.1, 0.15) is 5.56 Å². The molecule has 17 heavy (non-hydrogen) atoms. The molecule has 0 aliphatic heterocycles. The van der Waals surface area contributed by atoms with Crippen molar-refractivity contribution in [3.05, 3.63) is 11.3 Å². The molecule has 0 aliphatic rings. The maximum absolute atomic E-state index is 12.3. The Morgan fingerprint density at radius 2 is 2.29 bits per heavy atom. The van der Waals surface area contributed by atoms with Gasteiger partial charge in [0.15, 0.2) is 5.82 Å². The van der Waals surface area contributed by atoms with E-state index >= 15 is 0 Å². The summed E-state index contributed by atoms with van der Waals surface area (Å²) in [6.45, 7) is 0.252. The summed E-state index contributed by atoms with van der Waals surface area (Å²) in [5.74, 6) is -0.701. The first-order chi connectivity index (χ1) is 7.97. The molecule has 4 N–H and O–H groups in total. The number of H-pyrrole nitrogens is 1. The summed E-state index contributed by atoms with van der Waals surface area (Å²) in [5, 5.41) is 14.9. The number of alkyl halides is 2. The van der Waals surface area contributed by atoms with Crippen LogP contribution >= 0.6 is 0 Å². The lowest BCUT2D eigenvalue weighted by atomic mass is 10.2. The number of amides is 1. The van der Waals surface area contributed by atoms with Crippen molar-refractivity contribution < 1.29 is 18.7 Å². The minimum Gasteiger partial charge on any atom is -0.395 e. The monoisotopic (exact) mass is 248 g/mol. The van der Waals surface area contributed by atoms with Crippen molar-refractivity contribution in [2.75, 3.05) is 25.4 Å². The third-order valence-corrected chi connectivity index (χ3v) is 2.20. The SMILES string of the molecule is Cc1[nH]nc(N)c1C(=O)N(CCO)CC(F)F. The maximum atomic E-state index is 12.3. The van der Waals surface area contributed by atoms with E-state index in [9.17, 15) is 13.6 Å². The molecular weight excluding hydrogens is 234 g/mol. The second-order valence-corrected chi connectivity index (χ2v) is 3.47. The van der Waals surface area contributed by atoms with Gasteiger partial charge >= 0.3 is 0 Å². The molecule has 0 atom stereocenters. The van der Waals surface area contributed by atoms with Crippen LogP contribution in [0.1, 0.15) is 16.1 Å². The number of hydrogen-bond acceptors (Lipinski definition) is 4. The topological polar surface area (TPSA) is 95.2 Å². The summed E-state index contributed by atoms with van der Waals surface area (Å²) in [7, 11) is 0. The van der Waals surface area contributed by atoms with Crippen molar-refractivity contribution in [3.63, 3.8) is 0 Å². The third kappa shape index (κ3) is 3.13. The summed E-state index contributed by atoms with van der Waals surface area (Å²) in [6.07, 6.45) is -2.67. The number of aliphatic hydroxyl groups is 1. The summed E-state index contributed by atoms with van der Waals surface area (Å²) >= 11 is 0. The molecule has 0 bridgehead atoms. The number of carbonyl (C=O) groups is 1. The number of nitrogen functional groups attached to an aromatic ring is 1. The fraction of sp³-hybridized carbons (Fsp3) is 0.556. The number of aromatic nitrogens is 2. The molecule has 0 unspecified atom stereocenters. The molecule has 1 aromatic heterocycles. The van der Waals surface area contributed by atoms with Gasteiger partial charge in [0, 0.05) is 12.2 Å². The molecule has 0 saturated carbocycles. The molecule has 0 aliphatic carbocycles. The molecule has 6 nitrogen and oxygen atoms in total. The zero-order valence-electron chi connectivity index (χ0n) is 9.28. The van der Waals surface area contributed by atoms with E-state index in [1.807, 2.05) is 0 Å². The minimum absolute atomic E-state index is 0.0373. The van der Waals surface area contributed by atoms with Crippen LogP contribution in [0.4, 0.5) is 14.6 Å². The zero-order valence-corrected chi connectivity index (χ0v) is 9.28.